The summed E-state index contributed by atoms with van der Waals surface area (Å²) in [5.74, 6) is -0.327. The molecule has 1 atom stereocenters. The molecule has 0 heterocycles. The first-order chi connectivity index (χ1) is 10.4. The van der Waals surface area contributed by atoms with Gasteiger partial charge in [-0.1, -0.05) is 105 Å². The minimum atomic E-state index is -1.23. The van der Waals surface area contributed by atoms with E-state index in [1.807, 2.05) is 0 Å². The van der Waals surface area contributed by atoms with Crippen molar-refractivity contribution >= 4 is 49.6 Å². The van der Waals surface area contributed by atoms with Crippen molar-refractivity contribution in [3.05, 3.63) is 12.7 Å². The molecule has 0 aliphatic heterocycles. The maximum absolute atomic E-state index is 10.8. The van der Waals surface area contributed by atoms with Gasteiger partial charge in [0.1, 0.15) is 0 Å². The van der Waals surface area contributed by atoms with E-state index < -0.39 is 12.2 Å². The summed E-state index contributed by atoms with van der Waals surface area (Å²) >= 11 is 17.7. The van der Waals surface area contributed by atoms with E-state index in [2.05, 4.69) is 13.1 Å². The largest absolute Gasteiger partial charge is 0.463 e. The van der Waals surface area contributed by atoms with Crippen LogP contribution in [0.25, 0.3) is 0 Å². The predicted octanol–water partition coefficient (Wildman–Crippen LogP) is 5.99. The molecule has 0 bridgehead atoms. The Kier molecular flexibility index (Phi) is 13.9. The van der Waals surface area contributed by atoms with Gasteiger partial charge in [0.15, 0.2) is 3.42 Å². The Bertz CT molecular complexity index is 306. The fraction of sp³-hybridized carbons (Fsp3) is 0.812. The fourth-order valence-corrected chi connectivity index (χ4v) is 4.40. The SMILES string of the molecule is C=CC(=O)OCCCCCCCCCCC[SiH](C)C(Cl)(Cl)Cl. The van der Waals surface area contributed by atoms with Crippen LogP contribution in [0.3, 0.4) is 0 Å². The van der Waals surface area contributed by atoms with Crippen molar-refractivity contribution in [3.63, 3.8) is 0 Å². The van der Waals surface area contributed by atoms with Crippen molar-refractivity contribution in [2.75, 3.05) is 6.61 Å². The minimum Gasteiger partial charge on any atom is -0.463 e. The second kappa shape index (κ2) is 13.7. The highest BCUT2D eigenvalue weighted by Gasteiger charge is 2.28. The van der Waals surface area contributed by atoms with Crippen molar-refractivity contribution < 1.29 is 9.53 Å². The molecule has 0 aromatic heterocycles. The van der Waals surface area contributed by atoms with E-state index in [0.29, 0.717) is 6.61 Å². The van der Waals surface area contributed by atoms with Gasteiger partial charge in [0, 0.05) is 6.08 Å². The first kappa shape index (κ1) is 22.3. The van der Waals surface area contributed by atoms with Crippen molar-refractivity contribution in [2.24, 2.45) is 0 Å². The van der Waals surface area contributed by atoms with Gasteiger partial charge in [-0.15, -0.1) is 0 Å². The normalized spacial score (nSPS) is 12.9. The quantitative estimate of drug-likeness (QED) is 0.127. The summed E-state index contributed by atoms with van der Waals surface area (Å²) < 4.78 is 3.94. The number of hydrogen-bond donors (Lipinski definition) is 0. The number of halogens is 3. The Hall–Kier alpha value is 0.297. The Morgan fingerprint density at radius 1 is 1.00 bits per heavy atom. The highest BCUT2D eigenvalue weighted by atomic mass is 35.6. The molecule has 0 saturated carbocycles. The number of unbranched alkanes of at least 4 members (excludes halogenated alkanes) is 8. The lowest BCUT2D eigenvalue weighted by molar-refractivity contribution is -0.137. The third-order valence-corrected chi connectivity index (χ3v) is 9.50. The van der Waals surface area contributed by atoms with E-state index in [4.69, 9.17) is 39.5 Å². The lowest BCUT2D eigenvalue weighted by atomic mass is 10.1. The summed E-state index contributed by atoms with van der Waals surface area (Å²) in [7, 11) is -1.23. The highest BCUT2D eigenvalue weighted by molar-refractivity contribution is 6.94. The molecule has 6 heteroatoms. The topological polar surface area (TPSA) is 26.3 Å². The first-order valence-electron chi connectivity index (χ1n) is 8.24. The molecule has 22 heavy (non-hydrogen) atoms. The van der Waals surface area contributed by atoms with Crippen LogP contribution in [0.5, 0.6) is 0 Å². The Balaban J connectivity index is 3.21. The molecule has 0 saturated heterocycles. The number of esters is 1. The van der Waals surface area contributed by atoms with E-state index in [-0.39, 0.29) is 5.97 Å². The lowest BCUT2D eigenvalue weighted by Gasteiger charge is -2.18. The molecular weight excluding hydrogens is 359 g/mol. The molecule has 1 unspecified atom stereocenters. The number of ether oxygens (including phenoxy) is 1. The first-order valence-corrected chi connectivity index (χ1v) is 11.9. The zero-order chi connectivity index (χ0) is 16.8. The molecule has 130 valence electrons. The molecule has 0 fully saturated rings. The molecule has 0 amide bonds. The van der Waals surface area contributed by atoms with E-state index in [1.54, 1.807) is 0 Å². The monoisotopic (exact) mass is 386 g/mol. The third-order valence-electron chi connectivity index (χ3n) is 3.75. The molecule has 0 aliphatic carbocycles. The van der Waals surface area contributed by atoms with Crippen LogP contribution in [0.2, 0.25) is 12.6 Å². The van der Waals surface area contributed by atoms with Gasteiger partial charge in [0.2, 0.25) is 0 Å². The van der Waals surface area contributed by atoms with Gasteiger partial charge in [-0.3, -0.25) is 0 Å². The number of rotatable bonds is 13. The van der Waals surface area contributed by atoms with Crippen LogP contribution in [0.4, 0.5) is 0 Å². The molecule has 0 aromatic carbocycles. The van der Waals surface area contributed by atoms with Crippen molar-refractivity contribution in [1.82, 2.24) is 0 Å². The van der Waals surface area contributed by atoms with E-state index in [0.717, 1.165) is 18.9 Å². The van der Waals surface area contributed by atoms with Crippen LogP contribution < -0.4 is 0 Å². The second-order valence-electron chi connectivity index (χ2n) is 5.78. The summed E-state index contributed by atoms with van der Waals surface area (Å²) in [5, 5.41) is 0. The van der Waals surface area contributed by atoms with Crippen LogP contribution in [0.1, 0.15) is 57.8 Å². The summed E-state index contributed by atoms with van der Waals surface area (Å²) in [4.78, 5) is 10.8. The van der Waals surface area contributed by atoms with Crippen molar-refractivity contribution in [1.29, 1.82) is 0 Å². The maximum Gasteiger partial charge on any atom is 0.330 e. The summed E-state index contributed by atoms with van der Waals surface area (Å²) in [6.07, 6.45) is 12.0. The average molecular weight is 388 g/mol. The Morgan fingerprint density at radius 3 is 1.91 bits per heavy atom. The van der Waals surface area contributed by atoms with Gasteiger partial charge >= 0.3 is 5.97 Å². The summed E-state index contributed by atoms with van der Waals surface area (Å²) in [6.45, 7) is 5.99. The average Bonchev–Trinajstić information content (AvgIpc) is 2.46. The minimum absolute atomic E-state index is 0.327. The smallest absolute Gasteiger partial charge is 0.330 e. The summed E-state index contributed by atoms with van der Waals surface area (Å²) in [6, 6.07) is 1.11. The van der Waals surface area contributed by atoms with Crippen LogP contribution >= 0.6 is 34.8 Å². The molecule has 0 rings (SSSR count). The van der Waals surface area contributed by atoms with Crippen LogP contribution in [0.15, 0.2) is 12.7 Å². The second-order valence-corrected chi connectivity index (χ2v) is 12.5. The van der Waals surface area contributed by atoms with Gasteiger partial charge < -0.3 is 4.74 Å². The summed E-state index contributed by atoms with van der Waals surface area (Å²) in [5.41, 5.74) is 0. The van der Waals surface area contributed by atoms with E-state index in [1.165, 1.54) is 51.0 Å². The van der Waals surface area contributed by atoms with Crippen molar-refractivity contribution in [2.45, 2.75) is 73.8 Å². The predicted molar refractivity (Wildman–Crippen MR) is 101 cm³/mol. The number of carbonyl (C=O) groups excluding carboxylic acids is 1. The Labute approximate surface area is 152 Å². The Morgan fingerprint density at radius 2 is 1.45 bits per heavy atom. The molecule has 0 aromatic rings. The number of carbonyl (C=O) groups is 1. The zero-order valence-electron chi connectivity index (χ0n) is 13.6. The van der Waals surface area contributed by atoms with E-state index in [9.17, 15) is 4.79 Å². The van der Waals surface area contributed by atoms with Crippen LogP contribution in [-0.2, 0) is 9.53 Å². The van der Waals surface area contributed by atoms with E-state index >= 15 is 0 Å². The molecular formula is C16H29Cl3O2Si. The maximum atomic E-state index is 10.8. The molecule has 0 aliphatic rings. The molecule has 0 spiro atoms. The van der Waals surface area contributed by atoms with Gasteiger partial charge in [-0.2, -0.15) is 0 Å². The highest BCUT2D eigenvalue weighted by Crippen LogP contribution is 2.32. The van der Waals surface area contributed by atoms with Gasteiger partial charge in [0.25, 0.3) is 0 Å². The van der Waals surface area contributed by atoms with Gasteiger partial charge in [0.05, 0.1) is 15.4 Å². The standard InChI is InChI=1S/C16H29Cl3O2Si/c1-3-15(20)21-13-11-9-7-5-4-6-8-10-12-14-22(2)16(17,18)19/h3,22H,1,4-14H2,2H3. The molecule has 0 radical (unpaired) electrons. The zero-order valence-corrected chi connectivity index (χ0v) is 17.0. The van der Waals surface area contributed by atoms with Crippen LogP contribution in [0, 0.1) is 0 Å². The van der Waals surface area contributed by atoms with Crippen molar-refractivity contribution in [3.8, 4) is 0 Å². The lowest BCUT2D eigenvalue weighted by Crippen LogP contribution is -2.26. The fourth-order valence-electron chi connectivity index (χ4n) is 2.19. The third kappa shape index (κ3) is 13.9. The molecule has 2 nitrogen and oxygen atoms in total. The van der Waals surface area contributed by atoms with Crippen LogP contribution in [-0.4, -0.2) is 24.8 Å². The molecule has 0 N–H and O–H groups in total. The van der Waals surface area contributed by atoms with Gasteiger partial charge in [-0.25, -0.2) is 4.79 Å². The van der Waals surface area contributed by atoms with Gasteiger partial charge in [-0.05, 0) is 6.42 Å². The number of hydrogen-bond acceptors (Lipinski definition) is 2. The number of alkyl halides is 3.